The first kappa shape index (κ1) is 12.1. The van der Waals surface area contributed by atoms with E-state index < -0.39 is 9.84 Å². The van der Waals surface area contributed by atoms with Gasteiger partial charge in [-0.25, -0.2) is 8.42 Å². The summed E-state index contributed by atoms with van der Waals surface area (Å²) < 4.78 is 24.7. The van der Waals surface area contributed by atoms with Crippen LogP contribution in [0.3, 0.4) is 0 Å². The monoisotopic (exact) mass is 303 g/mol. The number of sulfone groups is 1. The lowest BCUT2D eigenvalue weighted by atomic mass is 10.2. The molecule has 1 fully saturated rings. The molecule has 88 valence electrons. The first-order valence-electron chi connectivity index (χ1n) is 5.28. The third-order valence-electron chi connectivity index (χ3n) is 2.70. The average molecular weight is 304 g/mol. The van der Waals surface area contributed by atoms with Gasteiger partial charge in [0, 0.05) is 4.47 Å². The fourth-order valence-corrected chi connectivity index (χ4v) is 4.46. The Bertz CT molecular complexity index is 495. The van der Waals surface area contributed by atoms with Gasteiger partial charge in [-0.2, -0.15) is 0 Å². The van der Waals surface area contributed by atoms with Crippen LogP contribution in [0.15, 0.2) is 27.6 Å². The second-order valence-electron chi connectivity index (χ2n) is 4.05. The molecule has 0 amide bonds. The number of hydrogen-bond acceptors (Lipinski definition) is 3. The maximum atomic E-state index is 12.0. The standard InChI is InChI=1S/C11H14BrNO2S/c12-10-7-8(5-6-13)1-4-11(10)16(14,15)9-2-3-9/h1,4,7,9H,2-3,5-6,13H2. The molecular weight excluding hydrogens is 290 g/mol. The molecule has 2 rings (SSSR count). The summed E-state index contributed by atoms with van der Waals surface area (Å²) in [5.74, 6) is 0. The van der Waals surface area contributed by atoms with Gasteiger partial charge in [-0.05, 0) is 59.4 Å². The summed E-state index contributed by atoms with van der Waals surface area (Å²) >= 11 is 3.33. The van der Waals surface area contributed by atoms with Crippen molar-refractivity contribution in [3.63, 3.8) is 0 Å². The van der Waals surface area contributed by atoms with E-state index in [4.69, 9.17) is 5.73 Å². The van der Waals surface area contributed by atoms with Crippen LogP contribution in [0.1, 0.15) is 18.4 Å². The van der Waals surface area contributed by atoms with Crippen molar-refractivity contribution in [1.82, 2.24) is 0 Å². The van der Waals surface area contributed by atoms with Crippen molar-refractivity contribution in [3.8, 4) is 0 Å². The van der Waals surface area contributed by atoms with Crippen LogP contribution in [0.5, 0.6) is 0 Å². The highest BCUT2D eigenvalue weighted by Crippen LogP contribution is 2.36. The van der Waals surface area contributed by atoms with Crippen molar-refractivity contribution >= 4 is 25.8 Å². The highest BCUT2D eigenvalue weighted by atomic mass is 79.9. The van der Waals surface area contributed by atoms with Gasteiger partial charge in [0.15, 0.2) is 9.84 Å². The minimum absolute atomic E-state index is 0.163. The van der Waals surface area contributed by atoms with Crippen LogP contribution in [-0.4, -0.2) is 20.2 Å². The first-order chi connectivity index (χ1) is 7.55. The zero-order valence-electron chi connectivity index (χ0n) is 8.82. The third-order valence-corrected chi connectivity index (χ3v) is 5.94. The highest BCUT2D eigenvalue weighted by Gasteiger charge is 2.37. The Hall–Kier alpha value is -0.390. The van der Waals surface area contributed by atoms with Crippen LogP contribution < -0.4 is 5.73 Å². The van der Waals surface area contributed by atoms with Crippen LogP contribution in [-0.2, 0) is 16.3 Å². The topological polar surface area (TPSA) is 60.2 Å². The Labute approximate surface area is 104 Å². The number of nitrogens with two attached hydrogens (primary N) is 1. The second kappa shape index (κ2) is 4.47. The number of benzene rings is 1. The molecule has 0 heterocycles. The largest absolute Gasteiger partial charge is 0.330 e. The molecule has 1 aromatic carbocycles. The van der Waals surface area contributed by atoms with Gasteiger partial charge in [0.05, 0.1) is 10.1 Å². The molecular formula is C11H14BrNO2S. The zero-order valence-corrected chi connectivity index (χ0v) is 11.2. The molecule has 1 aromatic rings. The van der Waals surface area contributed by atoms with E-state index >= 15 is 0 Å². The fraction of sp³-hybridized carbons (Fsp3) is 0.455. The number of rotatable bonds is 4. The summed E-state index contributed by atoms with van der Waals surface area (Å²) in [6, 6.07) is 5.37. The van der Waals surface area contributed by atoms with E-state index in [0.29, 0.717) is 15.9 Å². The minimum atomic E-state index is -3.11. The smallest absolute Gasteiger partial charge is 0.182 e. The molecule has 2 N–H and O–H groups in total. The van der Waals surface area contributed by atoms with Crippen LogP contribution >= 0.6 is 15.9 Å². The van der Waals surface area contributed by atoms with Gasteiger partial charge in [0.25, 0.3) is 0 Å². The van der Waals surface area contributed by atoms with E-state index in [-0.39, 0.29) is 5.25 Å². The molecule has 0 saturated heterocycles. The third kappa shape index (κ3) is 2.31. The quantitative estimate of drug-likeness (QED) is 0.924. The molecule has 0 aromatic heterocycles. The van der Waals surface area contributed by atoms with Crippen LogP contribution in [0.25, 0.3) is 0 Å². The van der Waals surface area contributed by atoms with Crippen LogP contribution in [0.2, 0.25) is 0 Å². The first-order valence-corrected chi connectivity index (χ1v) is 7.62. The summed E-state index contributed by atoms with van der Waals surface area (Å²) in [7, 11) is -3.11. The van der Waals surface area contributed by atoms with Crippen LogP contribution in [0, 0.1) is 0 Å². The van der Waals surface area contributed by atoms with Crippen molar-refractivity contribution in [1.29, 1.82) is 0 Å². The summed E-state index contributed by atoms with van der Waals surface area (Å²) in [5, 5.41) is -0.163. The molecule has 1 aliphatic carbocycles. The molecule has 1 aliphatic rings. The van der Waals surface area contributed by atoms with Gasteiger partial charge in [-0.15, -0.1) is 0 Å². The van der Waals surface area contributed by atoms with Gasteiger partial charge < -0.3 is 5.73 Å². The maximum absolute atomic E-state index is 12.0. The van der Waals surface area contributed by atoms with Crippen molar-refractivity contribution in [2.45, 2.75) is 29.4 Å². The normalized spacial score (nSPS) is 16.4. The minimum Gasteiger partial charge on any atom is -0.330 e. The number of halogens is 1. The predicted molar refractivity (Wildman–Crippen MR) is 67.1 cm³/mol. The Kier molecular flexibility index (Phi) is 3.37. The van der Waals surface area contributed by atoms with E-state index in [9.17, 15) is 8.42 Å². The van der Waals surface area contributed by atoms with Crippen molar-refractivity contribution in [2.24, 2.45) is 5.73 Å². The summed E-state index contributed by atoms with van der Waals surface area (Å²) in [6.07, 6.45) is 2.35. The molecule has 0 aliphatic heterocycles. The summed E-state index contributed by atoms with van der Waals surface area (Å²) in [5.41, 5.74) is 6.52. The van der Waals surface area contributed by atoms with Crippen LogP contribution in [0.4, 0.5) is 0 Å². The fourth-order valence-electron chi connectivity index (χ4n) is 1.66. The Morgan fingerprint density at radius 1 is 1.38 bits per heavy atom. The Balaban J connectivity index is 2.36. The SMILES string of the molecule is NCCc1ccc(S(=O)(=O)C2CC2)c(Br)c1. The van der Waals surface area contributed by atoms with E-state index in [1.54, 1.807) is 6.07 Å². The highest BCUT2D eigenvalue weighted by molar-refractivity contribution is 9.10. The van der Waals surface area contributed by atoms with Gasteiger partial charge >= 0.3 is 0 Å². The lowest BCUT2D eigenvalue weighted by Gasteiger charge is -2.07. The van der Waals surface area contributed by atoms with E-state index in [2.05, 4.69) is 15.9 Å². The average Bonchev–Trinajstić information content (AvgIpc) is 3.00. The van der Waals surface area contributed by atoms with Gasteiger partial charge in [-0.3, -0.25) is 0 Å². The second-order valence-corrected chi connectivity index (χ2v) is 7.10. The molecule has 0 bridgehead atoms. The van der Waals surface area contributed by atoms with Gasteiger partial charge in [-0.1, -0.05) is 6.07 Å². The predicted octanol–water partition coefficient (Wildman–Crippen LogP) is 1.89. The van der Waals surface area contributed by atoms with Crippen molar-refractivity contribution in [3.05, 3.63) is 28.2 Å². The molecule has 3 nitrogen and oxygen atoms in total. The van der Waals surface area contributed by atoms with Gasteiger partial charge in [0.2, 0.25) is 0 Å². The number of hydrogen-bond donors (Lipinski definition) is 1. The zero-order chi connectivity index (χ0) is 11.8. The molecule has 0 unspecified atom stereocenters. The Morgan fingerprint density at radius 2 is 2.06 bits per heavy atom. The summed E-state index contributed by atoms with van der Waals surface area (Å²) in [6.45, 7) is 0.571. The molecule has 0 radical (unpaired) electrons. The Morgan fingerprint density at radius 3 is 2.56 bits per heavy atom. The van der Waals surface area contributed by atoms with E-state index in [1.807, 2.05) is 12.1 Å². The maximum Gasteiger partial charge on any atom is 0.182 e. The molecule has 16 heavy (non-hydrogen) atoms. The van der Waals surface area contributed by atoms with E-state index in [0.717, 1.165) is 24.8 Å². The van der Waals surface area contributed by atoms with E-state index in [1.165, 1.54) is 0 Å². The van der Waals surface area contributed by atoms with Gasteiger partial charge in [0.1, 0.15) is 0 Å². The van der Waals surface area contributed by atoms with Crippen molar-refractivity contribution in [2.75, 3.05) is 6.54 Å². The van der Waals surface area contributed by atoms with Crippen molar-refractivity contribution < 1.29 is 8.42 Å². The molecule has 1 saturated carbocycles. The summed E-state index contributed by atoms with van der Waals surface area (Å²) in [4.78, 5) is 0.413. The lowest BCUT2D eigenvalue weighted by molar-refractivity contribution is 0.594. The molecule has 0 atom stereocenters. The molecule has 0 spiro atoms. The lowest BCUT2D eigenvalue weighted by Crippen LogP contribution is -2.09. The molecule has 5 heteroatoms.